The lowest BCUT2D eigenvalue weighted by Crippen LogP contribution is -1.91. The molecule has 0 aliphatic heterocycles. The van der Waals surface area contributed by atoms with Crippen molar-refractivity contribution in [3.8, 4) is 11.3 Å². The van der Waals surface area contributed by atoms with Gasteiger partial charge in [0.1, 0.15) is 0 Å². The van der Waals surface area contributed by atoms with Gasteiger partial charge in [-0.3, -0.25) is 0 Å². The average Bonchev–Trinajstić information content (AvgIpc) is 2.39. The number of hydrogen-bond donors (Lipinski definition) is 1. The largest absolute Gasteiger partial charge is 0.223 e. The molecule has 0 spiro atoms. The van der Waals surface area contributed by atoms with Crippen molar-refractivity contribution in [2.75, 3.05) is 0 Å². The average molecular weight is 238 g/mol. The Kier molecular flexibility index (Phi) is 2.53. The van der Waals surface area contributed by atoms with Gasteiger partial charge in [-0.15, -0.1) is 12.6 Å². The van der Waals surface area contributed by atoms with Gasteiger partial charge in [0, 0.05) is 10.9 Å². The highest BCUT2D eigenvalue weighted by Crippen LogP contribution is 2.26. The van der Waals surface area contributed by atoms with E-state index in [1.54, 1.807) is 0 Å². The fourth-order valence-corrected chi connectivity index (χ4v) is 2.09. The number of para-hydroxylation sites is 1. The Morgan fingerprint density at radius 2 is 1.47 bits per heavy atom. The van der Waals surface area contributed by atoms with Crippen LogP contribution in [0, 0.1) is 0 Å². The van der Waals surface area contributed by atoms with Gasteiger partial charge in [-0.25, -0.2) is 9.97 Å². The molecule has 2 nitrogen and oxygen atoms in total. The van der Waals surface area contributed by atoms with E-state index in [1.165, 1.54) is 0 Å². The molecular formula is C14H10N2S. The van der Waals surface area contributed by atoms with E-state index in [2.05, 4.69) is 22.6 Å². The Morgan fingerprint density at radius 1 is 0.765 bits per heavy atom. The van der Waals surface area contributed by atoms with Crippen LogP contribution >= 0.6 is 12.6 Å². The predicted molar refractivity (Wildman–Crippen MR) is 72.2 cm³/mol. The van der Waals surface area contributed by atoms with Gasteiger partial charge >= 0.3 is 0 Å². The normalized spacial score (nSPS) is 10.6. The zero-order valence-corrected chi connectivity index (χ0v) is 9.93. The maximum atomic E-state index is 4.42. The van der Waals surface area contributed by atoms with Gasteiger partial charge in [0.05, 0.1) is 11.2 Å². The standard InChI is InChI=1S/C14H10N2S/c17-14-15-12-9-5-4-8-11(12)13(16-14)10-6-2-1-3-7-10/h1-9H,(H,15,16,17). The first-order valence-corrected chi connectivity index (χ1v) is 5.80. The molecule has 0 N–H and O–H groups in total. The summed E-state index contributed by atoms with van der Waals surface area (Å²) in [5.41, 5.74) is 2.94. The van der Waals surface area contributed by atoms with Crippen molar-refractivity contribution in [3.63, 3.8) is 0 Å². The number of aromatic nitrogens is 2. The van der Waals surface area contributed by atoms with E-state index in [4.69, 9.17) is 0 Å². The summed E-state index contributed by atoms with van der Waals surface area (Å²) in [6.07, 6.45) is 0. The molecule has 0 unspecified atom stereocenters. The van der Waals surface area contributed by atoms with Crippen LogP contribution < -0.4 is 0 Å². The van der Waals surface area contributed by atoms with Crippen LogP contribution in [0.15, 0.2) is 59.8 Å². The molecule has 0 saturated carbocycles. The molecule has 17 heavy (non-hydrogen) atoms. The van der Waals surface area contributed by atoms with Crippen molar-refractivity contribution in [1.29, 1.82) is 0 Å². The van der Waals surface area contributed by atoms with E-state index < -0.39 is 0 Å². The lowest BCUT2D eigenvalue weighted by atomic mass is 10.1. The van der Waals surface area contributed by atoms with Gasteiger partial charge in [0.2, 0.25) is 0 Å². The predicted octanol–water partition coefficient (Wildman–Crippen LogP) is 3.59. The van der Waals surface area contributed by atoms with Crippen molar-refractivity contribution in [2.45, 2.75) is 5.16 Å². The highest BCUT2D eigenvalue weighted by Gasteiger charge is 2.06. The molecule has 1 aromatic heterocycles. The zero-order chi connectivity index (χ0) is 11.7. The Hall–Kier alpha value is -1.87. The molecular weight excluding hydrogens is 228 g/mol. The second kappa shape index (κ2) is 4.18. The summed E-state index contributed by atoms with van der Waals surface area (Å²) in [6, 6.07) is 18.1. The number of hydrogen-bond acceptors (Lipinski definition) is 3. The first-order valence-electron chi connectivity index (χ1n) is 5.36. The van der Waals surface area contributed by atoms with Crippen molar-refractivity contribution in [2.24, 2.45) is 0 Å². The highest BCUT2D eigenvalue weighted by molar-refractivity contribution is 7.80. The first kappa shape index (κ1) is 10.3. The number of fused-ring (bicyclic) bond motifs is 1. The van der Waals surface area contributed by atoms with Crippen molar-refractivity contribution >= 4 is 23.5 Å². The van der Waals surface area contributed by atoms with Gasteiger partial charge in [-0.2, -0.15) is 0 Å². The summed E-state index contributed by atoms with van der Waals surface area (Å²) in [5, 5.41) is 1.55. The third-order valence-electron chi connectivity index (χ3n) is 2.64. The minimum atomic E-state index is 0.502. The van der Waals surface area contributed by atoms with Crippen LogP contribution in [-0.2, 0) is 0 Å². The van der Waals surface area contributed by atoms with Crippen molar-refractivity contribution < 1.29 is 0 Å². The van der Waals surface area contributed by atoms with Gasteiger partial charge in [0.15, 0.2) is 5.16 Å². The molecule has 3 heteroatoms. The minimum Gasteiger partial charge on any atom is -0.223 e. The summed E-state index contributed by atoms with van der Waals surface area (Å²) >= 11 is 4.26. The van der Waals surface area contributed by atoms with Gasteiger partial charge in [0.25, 0.3) is 0 Å². The topological polar surface area (TPSA) is 25.8 Å². The fraction of sp³-hybridized carbons (Fsp3) is 0. The van der Waals surface area contributed by atoms with Crippen LogP contribution in [0.3, 0.4) is 0 Å². The molecule has 2 aromatic carbocycles. The third kappa shape index (κ3) is 1.89. The van der Waals surface area contributed by atoms with Crippen LogP contribution in [0.4, 0.5) is 0 Å². The monoisotopic (exact) mass is 238 g/mol. The molecule has 0 aliphatic carbocycles. The molecule has 1 heterocycles. The maximum absolute atomic E-state index is 4.42. The summed E-state index contributed by atoms with van der Waals surface area (Å²) in [4.78, 5) is 8.74. The number of thiol groups is 1. The second-order valence-electron chi connectivity index (χ2n) is 3.76. The van der Waals surface area contributed by atoms with Crippen molar-refractivity contribution in [1.82, 2.24) is 9.97 Å². The van der Waals surface area contributed by atoms with Gasteiger partial charge < -0.3 is 0 Å². The molecule has 0 fully saturated rings. The Labute approximate surface area is 105 Å². The molecule has 3 aromatic rings. The molecule has 82 valence electrons. The lowest BCUT2D eigenvalue weighted by molar-refractivity contribution is 1.02. The quantitative estimate of drug-likeness (QED) is 0.518. The highest BCUT2D eigenvalue weighted by atomic mass is 32.1. The summed E-state index contributed by atoms with van der Waals surface area (Å²) < 4.78 is 0. The van der Waals surface area contributed by atoms with Gasteiger partial charge in [-0.1, -0.05) is 48.5 Å². The SMILES string of the molecule is Sc1nc(-c2ccccc2)c2ccccc2n1. The minimum absolute atomic E-state index is 0.502. The van der Waals surface area contributed by atoms with Crippen molar-refractivity contribution in [3.05, 3.63) is 54.6 Å². The number of rotatable bonds is 1. The molecule has 3 rings (SSSR count). The number of nitrogens with zero attached hydrogens (tertiary/aromatic N) is 2. The van der Waals surface area contributed by atoms with Crippen LogP contribution in [0.1, 0.15) is 0 Å². The van der Waals surface area contributed by atoms with Crippen LogP contribution in [0.25, 0.3) is 22.2 Å². The summed E-state index contributed by atoms with van der Waals surface area (Å²) in [5.74, 6) is 0. The Balaban J connectivity index is 2.36. The summed E-state index contributed by atoms with van der Waals surface area (Å²) in [6.45, 7) is 0. The van der Waals surface area contributed by atoms with Crippen LogP contribution in [-0.4, -0.2) is 9.97 Å². The van der Waals surface area contributed by atoms with Crippen LogP contribution in [0.5, 0.6) is 0 Å². The van der Waals surface area contributed by atoms with E-state index in [9.17, 15) is 0 Å². The Bertz CT molecular complexity index is 665. The summed E-state index contributed by atoms with van der Waals surface area (Å²) in [7, 11) is 0. The van der Waals surface area contributed by atoms with E-state index in [0.29, 0.717) is 5.16 Å². The molecule has 0 radical (unpaired) electrons. The third-order valence-corrected chi connectivity index (χ3v) is 2.84. The van der Waals surface area contributed by atoms with E-state index in [0.717, 1.165) is 22.2 Å². The van der Waals surface area contributed by atoms with Gasteiger partial charge in [-0.05, 0) is 6.07 Å². The zero-order valence-electron chi connectivity index (χ0n) is 9.04. The Morgan fingerprint density at radius 3 is 2.29 bits per heavy atom. The molecule has 0 bridgehead atoms. The smallest absolute Gasteiger partial charge is 0.185 e. The molecule has 0 saturated heterocycles. The second-order valence-corrected chi connectivity index (χ2v) is 4.16. The van der Waals surface area contributed by atoms with E-state index >= 15 is 0 Å². The molecule has 0 atom stereocenters. The fourth-order valence-electron chi connectivity index (χ4n) is 1.88. The lowest BCUT2D eigenvalue weighted by Gasteiger charge is -2.06. The number of benzene rings is 2. The van der Waals surface area contributed by atoms with E-state index in [-0.39, 0.29) is 0 Å². The molecule has 0 amide bonds. The maximum Gasteiger partial charge on any atom is 0.185 e. The molecule has 0 aliphatic rings. The van der Waals surface area contributed by atoms with Crippen LogP contribution in [0.2, 0.25) is 0 Å². The first-order chi connectivity index (χ1) is 8.34. The van der Waals surface area contributed by atoms with E-state index in [1.807, 2.05) is 54.6 Å².